The van der Waals surface area contributed by atoms with Crippen molar-refractivity contribution in [2.75, 3.05) is 0 Å². The second-order valence-corrected chi connectivity index (χ2v) is 8.07. The van der Waals surface area contributed by atoms with E-state index in [2.05, 4.69) is 74.6 Å². The van der Waals surface area contributed by atoms with E-state index in [1.807, 2.05) is 22.7 Å². The molecule has 4 rings (SSSR count). The van der Waals surface area contributed by atoms with Gasteiger partial charge in [-0.2, -0.15) is 0 Å². The standard InChI is InChI=1S/C20H18S2/c1-13-11-17(21-19(13)15-7-3-4-8-15)18-12-14(2)20(22-18)16-9-5-6-10-16/h3-12,15-16H,1-2H3. The lowest BCUT2D eigenvalue weighted by atomic mass is 10.1. The van der Waals surface area contributed by atoms with Crippen molar-refractivity contribution in [1.29, 1.82) is 0 Å². The molecule has 2 aromatic heterocycles. The van der Waals surface area contributed by atoms with Gasteiger partial charge in [0.25, 0.3) is 0 Å². The molecule has 0 saturated carbocycles. The van der Waals surface area contributed by atoms with Crippen LogP contribution in [0.4, 0.5) is 0 Å². The monoisotopic (exact) mass is 322 g/mol. The molecule has 0 atom stereocenters. The number of hydrogen-bond acceptors (Lipinski definition) is 2. The van der Waals surface area contributed by atoms with Crippen molar-refractivity contribution >= 4 is 22.7 Å². The number of rotatable bonds is 3. The van der Waals surface area contributed by atoms with E-state index in [1.54, 1.807) is 0 Å². The van der Waals surface area contributed by atoms with E-state index in [0.717, 1.165) is 0 Å². The summed E-state index contributed by atoms with van der Waals surface area (Å²) in [6.07, 6.45) is 17.7. The van der Waals surface area contributed by atoms with E-state index >= 15 is 0 Å². The molecule has 0 N–H and O–H groups in total. The fraction of sp³-hybridized carbons (Fsp3) is 0.200. The van der Waals surface area contributed by atoms with E-state index < -0.39 is 0 Å². The van der Waals surface area contributed by atoms with Gasteiger partial charge in [-0.3, -0.25) is 0 Å². The first-order valence-corrected chi connectivity index (χ1v) is 9.26. The molecule has 110 valence electrons. The average Bonchev–Trinajstić information content (AvgIpc) is 3.25. The van der Waals surface area contributed by atoms with Gasteiger partial charge in [0, 0.05) is 31.3 Å². The van der Waals surface area contributed by atoms with Gasteiger partial charge in [-0.15, -0.1) is 22.7 Å². The first-order chi connectivity index (χ1) is 10.7. The third-order valence-electron chi connectivity index (χ3n) is 4.26. The molecule has 0 nitrogen and oxygen atoms in total. The highest BCUT2D eigenvalue weighted by Gasteiger charge is 2.18. The molecule has 0 fully saturated rings. The predicted octanol–water partition coefficient (Wildman–Crippen LogP) is 6.51. The molecule has 2 aliphatic carbocycles. The van der Waals surface area contributed by atoms with Crippen molar-refractivity contribution in [3.8, 4) is 9.75 Å². The summed E-state index contributed by atoms with van der Waals surface area (Å²) in [5.41, 5.74) is 2.82. The Hall–Kier alpha value is -1.64. The van der Waals surface area contributed by atoms with Gasteiger partial charge < -0.3 is 0 Å². The summed E-state index contributed by atoms with van der Waals surface area (Å²) < 4.78 is 0. The maximum absolute atomic E-state index is 2.36. The van der Waals surface area contributed by atoms with Crippen LogP contribution in [0.2, 0.25) is 0 Å². The molecule has 2 heterocycles. The van der Waals surface area contributed by atoms with Crippen LogP contribution in [0.15, 0.2) is 60.7 Å². The molecule has 2 aromatic rings. The molecule has 0 spiro atoms. The smallest absolute Gasteiger partial charge is 0.0448 e. The maximum Gasteiger partial charge on any atom is 0.0448 e. The van der Waals surface area contributed by atoms with Crippen LogP contribution < -0.4 is 0 Å². The molecule has 0 radical (unpaired) electrons. The molecular weight excluding hydrogens is 304 g/mol. The van der Waals surface area contributed by atoms with Gasteiger partial charge in [0.15, 0.2) is 0 Å². The fourth-order valence-electron chi connectivity index (χ4n) is 3.11. The minimum Gasteiger partial charge on any atom is -0.138 e. The van der Waals surface area contributed by atoms with Gasteiger partial charge >= 0.3 is 0 Å². The molecule has 0 amide bonds. The molecule has 0 saturated heterocycles. The Morgan fingerprint density at radius 2 is 1.00 bits per heavy atom. The van der Waals surface area contributed by atoms with Gasteiger partial charge in [0.1, 0.15) is 0 Å². The quantitative estimate of drug-likeness (QED) is 0.604. The third-order valence-corrected chi connectivity index (χ3v) is 7.13. The van der Waals surface area contributed by atoms with Crippen molar-refractivity contribution in [3.05, 3.63) is 81.6 Å². The van der Waals surface area contributed by atoms with Gasteiger partial charge in [0.05, 0.1) is 0 Å². The molecule has 0 bridgehead atoms. The molecule has 0 unspecified atom stereocenters. The van der Waals surface area contributed by atoms with E-state index in [-0.39, 0.29) is 0 Å². The molecule has 2 aliphatic rings. The zero-order valence-electron chi connectivity index (χ0n) is 12.7. The van der Waals surface area contributed by atoms with Gasteiger partial charge in [-0.1, -0.05) is 48.6 Å². The lowest BCUT2D eigenvalue weighted by Gasteiger charge is -2.03. The Morgan fingerprint density at radius 1 is 0.636 bits per heavy atom. The molecule has 0 aromatic carbocycles. The van der Waals surface area contributed by atoms with Gasteiger partial charge in [-0.25, -0.2) is 0 Å². The van der Waals surface area contributed by atoms with Crippen molar-refractivity contribution in [2.24, 2.45) is 0 Å². The summed E-state index contributed by atoms with van der Waals surface area (Å²) in [6.45, 7) is 4.47. The summed E-state index contributed by atoms with van der Waals surface area (Å²) in [6, 6.07) is 4.71. The van der Waals surface area contributed by atoms with Crippen LogP contribution in [0.25, 0.3) is 9.75 Å². The topological polar surface area (TPSA) is 0 Å². The maximum atomic E-state index is 2.36. The lowest BCUT2D eigenvalue weighted by molar-refractivity contribution is 1.12. The van der Waals surface area contributed by atoms with Gasteiger partial charge in [0.2, 0.25) is 0 Å². The largest absolute Gasteiger partial charge is 0.138 e. The summed E-state index contributed by atoms with van der Waals surface area (Å²) in [7, 11) is 0. The third kappa shape index (κ3) is 2.37. The minimum atomic E-state index is 0.472. The Bertz CT molecular complexity index is 730. The first-order valence-electron chi connectivity index (χ1n) is 7.63. The minimum absolute atomic E-state index is 0.472. The summed E-state index contributed by atoms with van der Waals surface area (Å²) in [5.74, 6) is 0.944. The highest BCUT2D eigenvalue weighted by Crippen LogP contribution is 2.43. The number of thiophene rings is 2. The Morgan fingerprint density at radius 3 is 1.36 bits per heavy atom. The van der Waals surface area contributed by atoms with E-state index in [9.17, 15) is 0 Å². The highest BCUT2D eigenvalue weighted by molar-refractivity contribution is 7.22. The van der Waals surface area contributed by atoms with Crippen molar-refractivity contribution in [3.63, 3.8) is 0 Å². The zero-order valence-corrected chi connectivity index (χ0v) is 14.4. The van der Waals surface area contributed by atoms with Gasteiger partial charge in [-0.05, 0) is 37.1 Å². The zero-order chi connectivity index (χ0) is 15.1. The molecular formula is C20H18S2. The van der Waals surface area contributed by atoms with Crippen LogP contribution in [-0.4, -0.2) is 0 Å². The Balaban J connectivity index is 1.70. The Kier molecular flexibility index (Phi) is 3.51. The van der Waals surface area contributed by atoms with Crippen LogP contribution in [0.3, 0.4) is 0 Å². The summed E-state index contributed by atoms with van der Waals surface area (Å²) in [5, 5.41) is 0. The number of hydrogen-bond donors (Lipinski definition) is 0. The lowest BCUT2D eigenvalue weighted by Crippen LogP contribution is -1.85. The number of allylic oxidation sites excluding steroid dienone is 8. The summed E-state index contributed by atoms with van der Waals surface area (Å²) in [4.78, 5) is 5.78. The average molecular weight is 322 g/mol. The summed E-state index contributed by atoms with van der Waals surface area (Å²) >= 11 is 3.89. The van der Waals surface area contributed by atoms with Crippen LogP contribution in [0, 0.1) is 13.8 Å². The molecule has 22 heavy (non-hydrogen) atoms. The first kappa shape index (κ1) is 14.0. The van der Waals surface area contributed by atoms with E-state index in [1.165, 1.54) is 30.6 Å². The normalized spacial score (nSPS) is 17.4. The van der Waals surface area contributed by atoms with Crippen LogP contribution in [0.1, 0.15) is 32.7 Å². The highest BCUT2D eigenvalue weighted by atomic mass is 32.1. The van der Waals surface area contributed by atoms with Crippen molar-refractivity contribution in [2.45, 2.75) is 25.7 Å². The second-order valence-electron chi connectivity index (χ2n) is 5.91. The van der Waals surface area contributed by atoms with Crippen molar-refractivity contribution in [1.82, 2.24) is 0 Å². The van der Waals surface area contributed by atoms with Crippen LogP contribution in [-0.2, 0) is 0 Å². The second kappa shape index (κ2) is 5.53. The van der Waals surface area contributed by atoms with E-state index in [4.69, 9.17) is 0 Å². The van der Waals surface area contributed by atoms with Crippen molar-refractivity contribution < 1.29 is 0 Å². The molecule has 2 heteroatoms. The molecule has 0 aliphatic heterocycles. The Labute approximate surface area is 139 Å². The fourth-order valence-corrected chi connectivity index (χ4v) is 5.65. The SMILES string of the molecule is Cc1cc(-c2cc(C)c(C3C=CC=C3)s2)sc1C1C=CC=C1. The van der Waals surface area contributed by atoms with E-state index in [0.29, 0.717) is 11.8 Å². The number of aryl methyl sites for hydroxylation is 2. The van der Waals surface area contributed by atoms with Crippen LogP contribution in [0.5, 0.6) is 0 Å². The predicted molar refractivity (Wildman–Crippen MR) is 99.1 cm³/mol. The van der Waals surface area contributed by atoms with Crippen LogP contribution >= 0.6 is 22.7 Å².